The number of hydrogen-bond donors (Lipinski definition) is 2. The molecule has 1 fully saturated rings. The highest BCUT2D eigenvalue weighted by atomic mass is 79.9. The first-order valence-electron chi connectivity index (χ1n) is 6.29. The number of phenolic OH excluding ortho intramolecular Hbond substituents is 1. The van der Waals surface area contributed by atoms with Gasteiger partial charge < -0.3 is 19.9 Å². The Kier molecular flexibility index (Phi) is 3.35. The van der Waals surface area contributed by atoms with Crippen molar-refractivity contribution in [2.45, 2.75) is 18.8 Å². The molecular formula is C13H16BrNO3. The van der Waals surface area contributed by atoms with Gasteiger partial charge in [-0.2, -0.15) is 0 Å². The SMILES string of the molecule is Oc1c(Br)cc2c(c1C1CCCNC1)OCCO2. The first kappa shape index (κ1) is 12.1. The molecule has 0 aliphatic carbocycles. The van der Waals surface area contributed by atoms with Crippen LogP contribution in [-0.2, 0) is 0 Å². The minimum Gasteiger partial charge on any atom is -0.506 e. The van der Waals surface area contributed by atoms with Gasteiger partial charge in [0.25, 0.3) is 0 Å². The fraction of sp³-hybridized carbons (Fsp3) is 0.538. The molecule has 1 atom stereocenters. The van der Waals surface area contributed by atoms with E-state index in [1.54, 1.807) is 6.07 Å². The molecule has 4 nitrogen and oxygen atoms in total. The van der Waals surface area contributed by atoms with E-state index in [4.69, 9.17) is 9.47 Å². The van der Waals surface area contributed by atoms with Crippen LogP contribution in [0.2, 0.25) is 0 Å². The van der Waals surface area contributed by atoms with Gasteiger partial charge in [0.05, 0.1) is 4.47 Å². The predicted molar refractivity (Wildman–Crippen MR) is 71.6 cm³/mol. The van der Waals surface area contributed by atoms with E-state index in [2.05, 4.69) is 21.2 Å². The monoisotopic (exact) mass is 313 g/mol. The number of nitrogens with one attached hydrogen (secondary N) is 1. The standard InChI is InChI=1S/C13H16BrNO3/c14-9-6-10-13(18-5-4-17-10)11(12(9)16)8-2-1-3-15-7-8/h6,8,15-16H,1-5,7H2. The van der Waals surface area contributed by atoms with E-state index in [0.717, 1.165) is 43.0 Å². The molecule has 3 rings (SSSR count). The van der Waals surface area contributed by atoms with Crippen molar-refractivity contribution >= 4 is 15.9 Å². The van der Waals surface area contributed by atoms with Crippen LogP contribution in [0, 0.1) is 0 Å². The Morgan fingerprint density at radius 2 is 2.17 bits per heavy atom. The summed E-state index contributed by atoms with van der Waals surface area (Å²) in [5, 5.41) is 13.7. The van der Waals surface area contributed by atoms with E-state index >= 15 is 0 Å². The zero-order valence-electron chi connectivity index (χ0n) is 10.0. The van der Waals surface area contributed by atoms with Gasteiger partial charge in [-0.25, -0.2) is 0 Å². The van der Waals surface area contributed by atoms with Crippen molar-refractivity contribution in [1.29, 1.82) is 0 Å². The van der Waals surface area contributed by atoms with Gasteiger partial charge in [0.15, 0.2) is 11.5 Å². The third-order valence-electron chi connectivity index (χ3n) is 3.50. The maximum absolute atomic E-state index is 10.3. The summed E-state index contributed by atoms with van der Waals surface area (Å²) in [6.45, 7) is 3.03. The highest BCUT2D eigenvalue weighted by molar-refractivity contribution is 9.10. The number of piperidine rings is 1. The van der Waals surface area contributed by atoms with Gasteiger partial charge in [-0.3, -0.25) is 0 Å². The van der Waals surface area contributed by atoms with Crippen molar-refractivity contribution in [2.24, 2.45) is 0 Å². The van der Waals surface area contributed by atoms with E-state index in [-0.39, 0.29) is 11.7 Å². The molecule has 2 aliphatic heterocycles. The van der Waals surface area contributed by atoms with Gasteiger partial charge in [-0.15, -0.1) is 0 Å². The second-order valence-corrected chi connectivity index (χ2v) is 5.54. The Morgan fingerprint density at radius 3 is 2.94 bits per heavy atom. The molecule has 1 unspecified atom stereocenters. The molecule has 0 spiro atoms. The summed E-state index contributed by atoms with van der Waals surface area (Å²) in [4.78, 5) is 0. The fourth-order valence-electron chi connectivity index (χ4n) is 2.65. The Balaban J connectivity index is 2.07. The maximum atomic E-state index is 10.3. The molecule has 0 bridgehead atoms. The molecule has 2 N–H and O–H groups in total. The molecule has 18 heavy (non-hydrogen) atoms. The van der Waals surface area contributed by atoms with Gasteiger partial charge in [0.1, 0.15) is 19.0 Å². The third kappa shape index (κ3) is 2.06. The quantitative estimate of drug-likeness (QED) is 0.836. The molecule has 0 saturated carbocycles. The van der Waals surface area contributed by atoms with Crippen molar-refractivity contribution in [3.63, 3.8) is 0 Å². The zero-order valence-corrected chi connectivity index (χ0v) is 11.6. The van der Waals surface area contributed by atoms with Gasteiger partial charge in [-0.05, 0) is 35.3 Å². The maximum Gasteiger partial charge on any atom is 0.168 e. The summed E-state index contributed by atoms with van der Waals surface area (Å²) in [6.07, 6.45) is 2.18. The largest absolute Gasteiger partial charge is 0.506 e. The van der Waals surface area contributed by atoms with Crippen LogP contribution >= 0.6 is 15.9 Å². The number of ether oxygens (including phenoxy) is 2. The number of fused-ring (bicyclic) bond motifs is 1. The van der Waals surface area contributed by atoms with Crippen LogP contribution in [0.4, 0.5) is 0 Å². The van der Waals surface area contributed by atoms with E-state index in [0.29, 0.717) is 17.7 Å². The van der Waals surface area contributed by atoms with Gasteiger partial charge in [-0.1, -0.05) is 0 Å². The summed E-state index contributed by atoms with van der Waals surface area (Å²) in [7, 11) is 0. The van der Waals surface area contributed by atoms with E-state index < -0.39 is 0 Å². The van der Waals surface area contributed by atoms with Crippen molar-refractivity contribution in [2.75, 3.05) is 26.3 Å². The van der Waals surface area contributed by atoms with Crippen LogP contribution in [0.25, 0.3) is 0 Å². The highest BCUT2D eigenvalue weighted by Crippen LogP contribution is 2.48. The number of aromatic hydroxyl groups is 1. The first-order chi connectivity index (χ1) is 8.77. The second-order valence-electron chi connectivity index (χ2n) is 4.69. The minimum atomic E-state index is 0.284. The summed E-state index contributed by atoms with van der Waals surface area (Å²) in [5.74, 6) is 2.02. The van der Waals surface area contributed by atoms with Crippen molar-refractivity contribution in [3.8, 4) is 17.2 Å². The number of benzene rings is 1. The Bertz CT molecular complexity index is 458. The minimum absolute atomic E-state index is 0.284. The fourth-order valence-corrected chi connectivity index (χ4v) is 3.07. The molecule has 0 radical (unpaired) electrons. The normalized spacial score (nSPS) is 22.8. The summed E-state index contributed by atoms with van der Waals surface area (Å²) in [5.41, 5.74) is 0.881. The number of rotatable bonds is 1. The van der Waals surface area contributed by atoms with E-state index in [1.165, 1.54) is 0 Å². The smallest absolute Gasteiger partial charge is 0.168 e. The molecular weight excluding hydrogens is 298 g/mol. The lowest BCUT2D eigenvalue weighted by molar-refractivity contribution is 0.167. The lowest BCUT2D eigenvalue weighted by Crippen LogP contribution is -2.29. The molecule has 2 heterocycles. The third-order valence-corrected chi connectivity index (χ3v) is 4.10. The van der Waals surface area contributed by atoms with Crippen LogP contribution in [0.1, 0.15) is 24.3 Å². The van der Waals surface area contributed by atoms with E-state index in [1.807, 2.05) is 0 Å². The summed E-state index contributed by atoms with van der Waals surface area (Å²) in [6, 6.07) is 1.78. The molecule has 0 amide bonds. The molecule has 5 heteroatoms. The summed E-state index contributed by atoms with van der Waals surface area (Å²) >= 11 is 3.39. The van der Waals surface area contributed by atoms with Crippen LogP contribution in [0.15, 0.2) is 10.5 Å². The Labute approximate surface area is 114 Å². The molecule has 0 aromatic heterocycles. The van der Waals surface area contributed by atoms with Gasteiger partial charge >= 0.3 is 0 Å². The van der Waals surface area contributed by atoms with Crippen molar-refractivity contribution in [1.82, 2.24) is 5.32 Å². The molecule has 1 aromatic carbocycles. The predicted octanol–water partition coefficient (Wildman–Crippen LogP) is 2.39. The van der Waals surface area contributed by atoms with Crippen LogP contribution in [0.3, 0.4) is 0 Å². The van der Waals surface area contributed by atoms with Crippen molar-refractivity contribution in [3.05, 3.63) is 16.1 Å². The van der Waals surface area contributed by atoms with Gasteiger partial charge in [0.2, 0.25) is 0 Å². The van der Waals surface area contributed by atoms with Crippen LogP contribution < -0.4 is 14.8 Å². The Hall–Kier alpha value is -0.940. The number of phenols is 1. The average molecular weight is 314 g/mol. The summed E-state index contributed by atoms with van der Waals surface area (Å²) < 4.78 is 12.0. The Morgan fingerprint density at radius 1 is 1.33 bits per heavy atom. The average Bonchev–Trinajstić information content (AvgIpc) is 2.41. The zero-order chi connectivity index (χ0) is 12.5. The lowest BCUT2D eigenvalue weighted by atomic mass is 9.90. The first-order valence-corrected chi connectivity index (χ1v) is 7.08. The number of halogens is 1. The highest BCUT2D eigenvalue weighted by Gasteiger charge is 2.28. The second kappa shape index (κ2) is 4.97. The molecule has 2 aliphatic rings. The number of hydrogen-bond acceptors (Lipinski definition) is 4. The molecule has 1 saturated heterocycles. The molecule has 98 valence electrons. The lowest BCUT2D eigenvalue weighted by Gasteiger charge is -2.29. The van der Waals surface area contributed by atoms with Gasteiger partial charge in [0, 0.05) is 24.1 Å². The van der Waals surface area contributed by atoms with Crippen LogP contribution in [0.5, 0.6) is 17.2 Å². The van der Waals surface area contributed by atoms with Crippen LogP contribution in [-0.4, -0.2) is 31.4 Å². The molecule has 1 aromatic rings. The van der Waals surface area contributed by atoms with Crippen molar-refractivity contribution < 1.29 is 14.6 Å². The topological polar surface area (TPSA) is 50.7 Å². The van der Waals surface area contributed by atoms with E-state index in [9.17, 15) is 5.11 Å².